The Morgan fingerprint density at radius 2 is 2.16 bits per heavy atom. The zero-order chi connectivity index (χ0) is 18.0. The van der Waals surface area contributed by atoms with Gasteiger partial charge in [-0.2, -0.15) is 0 Å². The maximum absolute atomic E-state index is 13.3. The Morgan fingerprint density at radius 1 is 1.36 bits per heavy atom. The van der Waals surface area contributed by atoms with Gasteiger partial charge in [0.1, 0.15) is 24.1 Å². The van der Waals surface area contributed by atoms with E-state index in [1.165, 1.54) is 24.1 Å². The minimum Gasteiger partial charge on any atom is -0.468 e. The van der Waals surface area contributed by atoms with Crippen LogP contribution in [0.15, 0.2) is 24.3 Å². The number of H-pyrrole nitrogens is 1. The van der Waals surface area contributed by atoms with Crippen LogP contribution in [0.4, 0.5) is 4.39 Å². The second-order valence-electron chi connectivity index (χ2n) is 5.87. The number of hydrogen-bond acceptors (Lipinski definition) is 4. The summed E-state index contributed by atoms with van der Waals surface area (Å²) in [6.07, 6.45) is 1.21. The standard InChI is InChI=1S/C17H18FN3O4/c1-25-15(22)9-19-16(23)14-3-2-6-21(14)17(24)13-8-10-7-11(18)4-5-12(10)20-13/h4-5,7-8,14,20H,2-3,6,9H2,1H3,(H,19,23)/t14-/m1/s1. The number of likely N-dealkylation sites (tertiary alicyclic amines) is 1. The Kier molecular flexibility index (Phi) is 4.69. The van der Waals surface area contributed by atoms with Crippen molar-refractivity contribution in [3.05, 3.63) is 35.8 Å². The highest BCUT2D eigenvalue weighted by Gasteiger charge is 2.35. The van der Waals surface area contributed by atoms with Gasteiger partial charge in [-0.3, -0.25) is 14.4 Å². The van der Waals surface area contributed by atoms with Crippen molar-refractivity contribution in [1.82, 2.24) is 15.2 Å². The minimum absolute atomic E-state index is 0.237. The lowest BCUT2D eigenvalue weighted by Crippen LogP contribution is -2.47. The Balaban J connectivity index is 1.75. The van der Waals surface area contributed by atoms with E-state index >= 15 is 0 Å². The number of hydrogen-bond donors (Lipinski definition) is 2. The number of nitrogens with one attached hydrogen (secondary N) is 2. The van der Waals surface area contributed by atoms with Gasteiger partial charge in [0.15, 0.2) is 0 Å². The lowest BCUT2D eigenvalue weighted by Gasteiger charge is -2.23. The Labute approximate surface area is 143 Å². The number of amides is 2. The van der Waals surface area contributed by atoms with Crippen molar-refractivity contribution < 1.29 is 23.5 Å². The molecule has 2 aromatic rings. The predicted molar refractivity (Wildman–Crippen MR) is 87.3 cm³/mol. The summed E-state index contributed by atoms with van der Waals surface area (Å²) < 4.78 is 17.8. The van der Waals surface area contributed by atoms with E-state index in [-0.39, 0.29) is 18.3 Å². The van der Waals surface area contributed by atoms with Crippen molar-refractivity contribution in [2.24, 2.45) is 0 Å². The van der Waals surface area contributed by atoms with Crippen LogP contribution in [-0.4, -0.2) is 53.9 Å². The molecule has 8 heteroatoms. The van der Waals surface area contributed by atoms with Crippen LogP contribution in [0.25, 0.3) is 10.9 Å². The third-order valence-electron chi connectivity index (χ3n) is 4.26. The number of esters is 1. The van der Waals surface area contributed by atoms with Gasteiger partial charge in [0.2, 0.25) is 5.91 Å². The first-order valence-electron chi connectivity index (χ1n) is 7.93. The number of ether oxygens (including phenoxy) is 1. The van der Waals surface area contributed by atoms with E-state index < -0.39 is 17.9 Å². The van der Waals surface area contributed by atoms with E-state index in [1.807, 2.05) is 0 Å². The molecule has 1 aliphatic rings. The summed E-state index contributed by atoms with van der Waals surface area (Å²) in [6, 6.07) is 5.15. The van der Waals surface area contributed by atoms with E-state index in [1.54, 1.807) is 12.1 Å². The van der Waals surface area contributed by atoms with E-state index in [9.17, 15) is 18.8 Å². The first kappa shape index (κ1) is 16.9. The Hall–Kier alpha value is -2.90. The molecule has 25 heavy (non-hydrogen) atoms. The second kappa shape index (κ2) is 6.92. The number of halogens is 1. The quantitative estimate of drug-likeness (QED) is 0.813. The van der Waals surface area contributed by atoms with Crippen molar-refractivity contribution >= 4 is 28.7 Å². The van der Waals surface area contributed by atoms with Crippen LogP contribution >= 0.6 is 0 Å². The summed E-state index contributed by atoms with van der Waals surface area (Å²) in [5.74, 6) is -1.65. The zero-order valence-corrected chi connectivity index (χ0v) is 13.7. The molecule has 1 atom stereocenters. The molecule has 1 saturated heterocycles. The number of carbonyl (C=O) groups excluding carboxylic acids is 3. The zero-order valence-electron chi connectivity index (χ0n) is 13.7. The molecule has 0 bridgehead atoms. The van der Waals surface area contributed by atoms with E-state index in [4.69, 9.17) is 0 Å². The monoisotopic (exact) mass is 347 g/mol. The number of aromatic nitrogens is 1. The molecule has 1 aliphatic heterocycles. The fourth-order valence-electron chi connectivity index (χ4n) is 3.01. The molecule has 2 N–H and O–H groups in total. The molecule has 1 fully saturated rings. The first-order chi connectivity index (χ1) is 12.0. The predicted octanol–water partition coefficient (Wildman–Crippen LogP) is 1.20. The molecular weight excluding hydrogens is 329 g/mol. The number of nitrogens with zero attached hydrogens (tertiary/aromatic N) is 1. The molecule has 7 nitrogen and oxygen atoms in total. The molecule has 1 aromatic heterocycles. The van der Waals surface area contributed by atoms with Crippen LogP contribution in [-0.2, 0) is 14.3 Å². The summed E-state index contributed by atoms with van der Waals surface area (Å²) in [6.45, 7) is 0.207. The number of fused-ring (bicyclic) bond motifs is 1. The summed E-state index contributed by atoms with van der Waals surface area (Å²) in [5, 5.41) is 3.07. The van der Waals surface area contributed by atoms with Gasteiger partial charge in [0.05, 0.1) is 7.11 Å². The molecule has 0 unspecified atom stereocenters. The molecule has 0 saturated carbocycles. The van der Waals surface area contributed by atoms with Gasteiger partial charge in [-0.1, -0.05) is 0 Å². The van der Waals surface area contributed by atoms with E-state index in [0.29, 0.717) is 36.0 Å². The normalized spacial score (nSPS) is 16.9. The van der Waals surface area contributed by atoms with Crippen molar-refractivity contribution in [2.45, 2.75) is 18.9 Å². The molecule has 0 spiro atoms. The lowest BCUT2D eigenvalue weighted by atomic mass is 10.2. The van der Waals surface area contributed by atoms with Crippen molar-refractivity contribution in [3.8, 4) is 0 Å². The smallest absolute Gasteiger partial charge is 0.325 e. The van der Waals surface area contributed by atoms with Gasteiger partial charge in [-0.15, -0.1) is 0 Å². The van der Waals surface area contributed by atoms with Crippen LogP contribution in [0.3, 0.4) is 0 Å². The number of aromatic amines is 1. The fraction of sp³-hybridized carbons (Fsp3) is 0.353. The van der Waals surface area contributed by atoms with Crippen LogP contribution in [0.1, 0.15) is 23.3 Å². The fourth-order valence-corrected chi connectivity index (χ4v) is 3.01. The van der Waals surface area contributed by atoms with Gasteiger partial charge in [-0.25, -0.2) is 4.39 Å². The van der Waals surface area contributed by atoms with Crippen LogP contribution in [0.2, 0.25) is 0 Å². The molecule has 0 radical (unpaired) electrons. The Morgan fingerprint density at radius 3 is 2.92 bits per heavy atom. The van der Waals surface area contributed by atoms with Crippen molar-refractivity contribution in [3.63, 3.8) is 0 Å². The molecular formula is C17H18FN3O4. The topological polar surface area (TPSA) is 91.5 Å². The molecule has 0 aliphatic carbocycles. The van der Waals surface area contributed by atoms with Gasteiger partial charge in [0, 0.05) is 17.4 Å². The van der Waals surface area contributed by atoms with Gasteiger partial charge in [-0.05, 0) is 37.1 Å². The largest absolute Gasteiger partial charge is 0.468 e. The highest BCUT2D eigenvalue weighted by Crippen LogP contribution is 2.23. The lowest BCUT2D eigenvalue weighted by molar-refractivity contribution is -0.141. The summed E-state index contributed by atoms with van der Waals surface area (Å²) in [7, 11) is 1.23. The summed E-state index contributed by atoms with van der Waals surface area (Å²) in [4.78, 5) is 40.6. The van der Waals surface area contributed by atoms with Crippen LogP contribution < -0.4 is 5.32 Å². The number of methoxy groups -OCH3 is 1. The van der Waals surface area contributed by atoms with E-state index in [0.717, 1.165) is 0 Å². The molecule has 132 valence electrons. The third kappa shape index (κ3) is 3.47. The van der Waals surface area contributed by atoms with Gasteiger partial charge in [0.25, 0.3) is 5.91 Å². The second-order valence-corrected chi connectivity index (χ2v) is 5.87. The number of carbonyl (C=O) groups is 3. The Bertz CT molecular complexity index is 832. The number of rotatable bonds is 4. The summed E-state index contributed by atoms with van der Waals surface area (Å²) in [5.41, 5.74) is 0.948. The maximum Gasteiger partial charge on any atom is 0.325 e. The average Bonchev–Trinajstić information content (AvgIpc) is 3.24. The van der Waals surface area contributed by atoms with Gasteiger partial charge >= 0.3 is 5.97 Å². The van der Waals surface area contributed by atoms with Crippen molar-refractivity contribution in [1.29, 1.82) is 0 Å². The molecule has 2 heterocycles. The molecule has 1 aromatic carbocycles. The molecule has 2 amide bonds. The van der Waals surface area contributed by atoms with Crippen LogP contribution in [0.5, 0.6) is 0 Å². The average molecular weight is 347 g/mol. The SMILES string of the molecule is COC(=O)CNC(=O)[C@H]1CCCN1C(=O)c1cc2cc(F)ccc2[nH]1. The van der Waals surface area contributed by atoms with Crippen molar-refractivity contribution in [2.75, 3.05) is 20.2 Å². The minimum atomic E-state index is -0.639. The van der Waals surface area contributed by atoms with Gasteiger partial charge < -0.3 is 19.9 Å². The van der Waals surface area contributed by atoms with E-state index in [2.05, 4.69) is 15.0 Å². The highest BCUT2D eigenvalue weighted by atomic mass is 19.1. The number of benzene rings is 1. The third-order valence-corrected chi connectivity index (χ3v) is 4.26. The molecule has 3 rings (SSSR count). The highest BCUT2D eigenvalue weighted by molar-refractivity contribution is 6.00. The van der Waals surface area contributed by atoms with Crippen LogP contribution in [0, 0.1) is 5.82 Å². The maximum atomic E-state index is 13.3. The summed E-state index contributed by atoms with van der Waals surface area (Å²) >= 11 is 0. The first-order valence-corrected chi connectivity index (χ1v) is 7.93.